The average molecular weight is 350 g/mol. The Balaban J connectivity index is 2.06. The molecule has 0 unspecified atom stereocenters. The van der Waals surface area contributed by atoms with Gasteiger partial charge < -0.3 is 0 Å². The molecular weight excluding hydrogens is 336 g/mol. The van der Waals surface area contributed by atoms with Crippen LogP contribution in [0.3, 0.4) is 0 Å². The maximum Gasteiger partial charge on any atom is 0.265 e. The van der Waals surface area contributed by atoms with Gasteiger partial charge in [-0.25, -0.2) is 9.97 Å². The lowest BCUT2D eigenvalue weighted by Gasteiger charge is -2.27. The smallest absolute Gasteiger partial charge is 0.265 e. The molecule has 3 rings (SSSR count). The molecule has 0 saturated carbocycles. The van der Waals surface area contributed by atoms with Crippen LogP contribution >= 0.6 is 12.2 Å². The maximum absolute atomic E-state index is 12.6. The number of amides is 2. The van der Waals surface area contributed by atoms with Crippen molar-refractivity contribution in [3.63, 3.8) is 0 Å². The van der Waals surface area contributed by atoms with Crippen LogP contribution in [0.15, 0.2) is 61.2 Å². The number of benzene rings is 1. The summed E-state index contributed by atoms with van der Waals surface area (Å²) < 4.78 is 0. The van der Waals surface area contributed by atoms with Crippen molar-refractivity contribution in [1.29, 1.82) is 0 Å². The highest BCUT2D eigenvalue weighted by molar-refractivity contribution is 7.80. The number of rotatable bonds is 4. The number of carbonyl (C=O) groups is 2. The Morgan fingerprint density at radius 1 is 1.20 bits per heavy atom. The Morgan fingerprint density at radius 2 is 1.92 bits per heavy atom. The summed E-state index contributed by atoms with van der Waals surface area (Å²) in [6.45, 7) is 3.83. The minimum absolute atomic E-state index is 0.0137. The first-order valence-electron chi connectivity index (χ1n) is 7.46. The Hall–Kier alpha value is -3.19. The molecule has 1 aromatic carbocycles. The average Bonchev–Trinajstić information content (AvgIpc) is 2.63. The molecule has 1 aliphatic rings. The van der Waals surface area contributed by atoms with E-state index in [1.165, 1.54) is 11.2 Å². The summed E-state index contributed by atoms with van der Waals surface area (Å²) in [5.41, 5.74) is 2.33. The zero-order chi connectivity index (χ0) is 17.8. The summed E-state index contributed by atoms with van der Waals surface area (Å²) in [5, 5.41) is 2.61. The monoisotopic (exact) mass is 350 g/mol. The third kappa shape index (κ3) is 3.36. The van der Waals surface area contributed by atoms with E-state index in [0.29, 0.717) is 5.56 Å². The molecule has 1 N–H and O–H groups in total. The van der Waals surface area contributed by atoms with E-state index in [1.807, 2.05) is 24.3 Å². The number of nitrogens with one attached hydrogen (secondary N) is 1. The van der Waals surface area contributed by atoms with Crippen LogP contribution in [0.25, 0.3) is 17.2 Å². The van der Waals surface area contributed by atoms with Gasteiger partial charge in [-0.15, -0.1) is 6.58 Å². The van der Waals surface area contributed by atoms with E-state index in [9.17, 15) is 9.59 Å². The van der Waals surface area contributed by atoms with E-state index >= 15 is 0 Å². The van der Waals surface area contributed by atoms with Crippen molar-refractivity contribution < 1.29 is 9.59 Å². The molecule has 1 saturated heterocycles. The highest BCUT2D eigenvalue weighted by Gasteiger charge is 2.32. The lowest BCUT2D eigenvalue weighted by molar-refractivity contribution is -0.128. The van der Waals surface area contributed by atoms with Gasteiger partial charge in [0.05, 0.1) is 0 Å². The normalized spacial score (nSPS) is 16.1. The molecule has 25 heavy (non-hydrogen) atoms. The van der Waals surface area contributed by atoms with Crippen LogP contribution in [0.4, 0.5) is 0 Å². The summed E-state index contributed by atoms with van der Waals surface area (Å²) in [4.78, 5) is 34.2. The van der Waals surface area contributed by atoms with Crippen LogP contribution in [0.1, 0.15) is 5.56 Å². The quantitative estimate of drug-likeness (QED) is 0.395. The van der Waals surface area contributed by atoms with Gasteiger partial charge in [-0.2, -0.15) is 0 Å². The topological polar surface area (TPSA) is 75.2 Å². The number of hydrogen-bond donors (Lipinski definition) is 1. The molecule has 0 radical (unpaired) electrons. The Labute approximate surface area is 149 Å². The zero-order valence-electron chi connectivity index (χ0n) is 13.2. The van der Waals surface area contributed by atoms with Crippen LogP contribution in [0.2, 0.25) is 0 Å². The molecule has 6 nitrogen and oxygen atoms in total. The van der Waals surface area contributed by atoms with Crippen molar-refractivity contribution in [3.05, 3.63) is 66.8 Å². The fourth-order valence-electron chi connectivity index (χ4n) is 2.47. The number of thiocarbonyl (C=S) groups is 1. The second kappa shape index (κ2) is 7.14. The van der Waals surface area contributed by atoms with Crippen molar-refractivity contribution in [1.82, 2.24) is 20.2 Å². The molecule has 0 atom stereocenters. The van der Waals surface area contributed by atoms with E-state index in [0.717, 1.165) is 11.1 Å². The largest absolute Gasteiger partial charge is 0.298 e. The van der Waals surface area contributed by atoms with E-state index in [4.69, 9.17) is 12.2 Å². The van der Waals surface area contributed by atoms with Crippen LogP contribution in [-0.2, 0) is 9.59 Å². The summed E-state index contributed by atoms with van der Waals surface area (Å²) in [6.07, 6.45) is 7.89. The zero-order valence-corrected chi connectivity index (χ0v) is 14.0. The van der Waals surface area contributed by atoms with Gasteiger partial charge in [0.2, 0.25) is 0 Å². The van der Waals surface area contributed by atoms with Crippen LogP contribution < -0.4 is 5.32 Å². The fourth-order valence-corrected chi connectivity index (χ4v) is 2.72. The maximum atomic E-state index is 12.6. The third-order valence-corrected chi connectivity index (χ3v) is 3.95. The van der Waals surface area contributed by atoms with Crippen LogP contribution in [0.5, 0.6) is 0 Å². The number of carbonyl (C=O) groups excluding carboxylic acids is 2. The SMILES string of the molecule is C=CCN1C(=O)C(=Cc2ccccc2-c2cncnc2)C(=O)NC1=S. The van der Waals surface area contributed by atoms with E-state index in [2.05, 4.69) is 21.9 Å². The van der Waals surface area contributed by atoms with Crippen molar-refractivity contribution in [2.24, 2.45) is 0 Å². The second-order valence-corrected chi connectivity index (χ2v) is 5.62. The molecule has 1 fully saturated rings. The Bertz CT molecular complexity index is 893. The predicted molar refractivity (Wildman–Crippen MR) is 98.1 cm³/mol. The molecule has 7 heteroatoms. The van der Waals surface area contributed by atoms with Gasteiger partial charge in [0.1, 0.15) is 11.9 Å². The van der Waals surface area contributed by atoms with E-state index in [-0.39, 0.29) is 17.2 Å². The van der Waals surface area contributed by atoms with Gasteiger partial charge in [0.25, 0.3) is 11.8 Å². The molecule has 1 aliphatic heterocycles. The minimum atomic E-state index is -0.519. The van der Waals surface area contributed by atoms with Gasteiger partial charge in [0.15, 0.2) is 5.11 Å². The molecule has 2 aromatic rings. The van der Waals surface area contributed by atoms with Crippen molar-refractivity contribution in [3.8, 4) is 11.1 Å². The highest BCUT2D eigenvalue weighted by atomic mass is 32.1. The summed E-state index contributed by atoms with van der Waals surface area (Å²) in [7, 11) is 0. The van der Waals surface area contributed by atoms with Crippen LogP contribution in [-0.4, -0.2) is 38.3 Å². The van der Waals surface area contributed by atoms with Crippen molar-refractivity contribution >= 4 is 35.2 Å². The summed E-state index contributed by atoms with van der Waals surface area (Å²) in [6, 6.07) is 7.40. The lowest BCUT2D eigenvalue weighted by Crippen LogP contribution is -2.53. The molecule has 1 aromatic heterocycles. The van der Waals surface area contributed by atoms with Gasteiger partial charge in [-0.1, -0.05) is 30.3 Å². The van der Waals surface area contributed by atoms with E-state index < -0.39 is 11.8 Å². The number of nitrogens with zero attached hydrogens (tertiary/aromatic N) is 3. The molecule has 0 bridgehead atoms. The second-order valence-electron chi connectivity index (χ2n) is 5.24. The van der Waals surface area contributed by atoms with Crippen molar-refractivity contribution in [2.75, 3.05) is 6.54 Å². The molecule has 0 spiro atoms. The van der Waals surface area contributed by atoms with E-state index in [1.54, 1.807) is 24.5 Å². The highest BCUT2D eigenvalue weighted by Crippen LogP contribution is 2.25. The van der Waals surface area contributed by atoms with Gasteiger partial charge >= 0.3 is 0 Å². The van der Waals surface area contributed by atoms with Gasteiger partial charge in [0, 0.05) is 24.5 Å². The van der Waals surface area contributed by atoms with Gasteiger partial charge in [-0.3, -0.25) is 19.8 Å². The first-order valence-corrected chi connectivity index (χ1v) is 7.87. The Kier molecular flexibility index (Phi) is 4.76. The molecule has 2 heterocycles. The van der Waals surface area contributed by atoms with Gasteiger partial charge in [-0.05, 0) is 29.4 Å². The predicted octanol–water partition coefficient (Wildman–Crippen LogP) is 1.96. The first kappa shape index (κ1) is 16.7. The fraction of sp³-hybridized carbons (Fsp3) is 0.0556. The molecule has 2 amide bonds. The number of hydrogen-bond acceptors (Lipinski definition) is 5. The molecule has 0 aliphatic carbocycles. The summed E-state index contributed by atoms with van der Waals surface area (Å²) in [5.74, 6) is -0.970. The minimum Gasteiger partial charge on any atom is -0.298 e. The third-order valence-electron chi connectivity index (χ3n) is 3.63. The first-order chi connectivity index (χ1) is 12.1. The van der Waals surface area contributed by atoms with Crippen molar-refractivity contribution in [2.45, 2.75) is 0 Å². The molecular formula is C18H14N4O2S. The molecule has 124 valence electrons. The standard InChI is InChI=1S/C18H14N4O2S/c1-2-7-22-17(24)15(16(23)21-18(22)25)8-12-5-3-4-6-14(12)13-9-19-11-20-10-13/h2-6,8-11H,1,7H2,(H,21,23,25). The summed E-state index contributed by atoms with van der Waals surface area (Å²) >= 11 is 5.05. The number of aromatic nitrogens is 2. The van der Waals surface area contributed by atoms with Crippen LogP contribution in [0, 0.1) is 0 Å². The Morgan fingerprint density at radius 3 is 2.64 bits per heavy atom. The lowest BCUT2D eigenvalue weighted by atomic mass is 9.99.